The number of amides is 1. The van der Waals surface area contributed by atoms with Crippen LogP contribution in [0, 0.1) is 11.7 Å². The fourth-order valence-corrected chi connectivity index (χ4v) is 3.79. The van der Waals surface area contributed by atoms with Crippen molar-refractivity contribution < 1.29 is 27.1 Å². The van der Waals surface area contributed by atoms with Crippen LogP contribution in [-0.4, -0.2) is 35.3 Å². The summed E-state index contributed by atoms with van der Waals surface area (Å²) in [5, 5.41) is 2.34. The lowest BCUT2D eigenvalue weighted by atomic mass is 10.1. The molecule has 0 radical (unpaired) electrons. The second kappa shape index (κ2) is 9.46. The highest BCUT2D eigenvalue weighted by Crippen LogP contribution is 2.34. The molecule has 1 N–H and O–H groups in total. The van der Waals surface area contributed by atoms with Crippen molar-refractivity contribution in [2.45, 2.75) is 19.7 Å². The highest BCUT2D eigenvalue weighted by atomic mass is 35.5. The molecule has 4 rings (SSSR count). The highest BCUT2D eigenvalue weighted by molar-refractivity contribution is 6.29. The minimum absolute atomic E-state index is 0.178. The largest absolute Gasteiger partial charge is 0.573 e. The standard InChI is InChI=1S/C23H19ClF4N4O2/c1-13-6-7-32(12-13)21-18(14-9-19(25)20(24)29-10-14)8-15(11-30-21)22(33)31-16-2-4-17(5-3-16)34-23(26,27)28/h2-5,8-11,13H,6-7,12H2,1H3,(H,31,33)/t13-/m1/s1. The zero-order chi connectivity index (χ0) is 24.5. The first-order valence-corrected chi connectivity index (χ1v) is 10.7. The fraction of sp³-hybridized carbons (Fsp3) is 0.261. The molecule has 1 aromatic carbocycles. The van der Waals surface area contributed by atoms with E-state index in [1.807, 2.05) is 0 Å². The van der Waals surface area contributed by atoms with E-state index in [0.29, 0.717) is 22.9 Å². The number of alkyl halides is 3. The molecule has 1 fully saturated rings. The Morgan fingerprint density at radius 1 is 1.18 bits per heavy atom. The van der Waals surface area contributed by atoms with E-state index in [-0.39, 0.29) is 16.4 Å². The van der Waals surface area contributed by atoms with Crippen LogP contribution in [0.25, 0.3) is 11.1 Å². The van der Waals surface area contributed by atoms with Crippen molar-refractivity contribution in [2.24, 2.45) is 5.92 Å². The number of carbonyl (C=O) groups excluding carboxylic acids is 1. The van der Waals surface area contributed by atoms with Crippen LogP contribution in [0.1, 0.15) is 23.7 Å². The molecule has 0 unspecified atom stereocenters. The zero-order valence-corrected chi connectivity index (χ0v) is 18.6. The van der Waals surface area contributed by atoms with E-state index in [2.05, 4.69) is 31.8 Å². The Bertz CT molecular complexity index is 1200. The number of halogens is 5. The Hall–Kier alpha value is -3.40. The Balaban J connectivity index is 1.62. The lowest BCUT2D eigenvalue weighted by Crippen LogP contribution is -2.22. The average molecular weight is 495 g/mol. The number of hydrogen-bond donors (Lipinski definition) is 1. The van der Waals surface area contributed by atoms with Crippen LogP contribution < -0.4 is 15.0 Å². The first kappa shape index (κ1) is 23.7. The van der Waals surface area contributed by atoms with Gasteiger partial charge in [-0.3, -0.25) is 4.79 Å². The number of pyridine rings is 2. The molecule has 0 spiro atoms. The number of nitrogens with zero attached hydrogens (tertiary/aromatic N) is 3. The fourth-order valence-electron chi connectivity index (χ4n) is 3.69. The van der Waals surface area contributed by atoms with Gasteiger partial charge in [-0.2, -0.15) is 0 Å². The molecule has 34 heavy (non-hydrogen) atoms. The maximum absolute atomic E-state index is 14.1. The molecule has 0 aliphatic carbocycles. The van der Waals surface area contributed by atoms with E-state index in [9.17, 15) is 22.4 Å². The van der Waals surface area contributed by atoms with Gasteiger partial charge in [0.2, 0.25) is 0 Å². The molecule has 1 aliphatic heterocycles. The van der Waals surface area contributed by atoms with E-state index in [1.165, 1.54) is 30.6 Å². The van der Waals surface area contributed by atoms with E-state index in [1.54, 1.807) is 6.07 Å². The summed E-state index contributed by atoms with van der Waals surface area (Å²) in [6.45, 7) is 3.65. The van der Waals surface area contributed by atoms with Gasteiger partial charge in [-0.25, -0.2) is 14.4 Å². The number of nitrogens with one attached hydrogen (secondary N) is 1. The van der Waals surface area contributed by atoms with Crippen LogP contribution in [-0.2, 0) is 0 Å². The van der Waals surface area contributed by atoms with Gasteiger partial charge in [-0.05, 0) is 48.7 Å². The highest BCUT2D eigenvalue weighted by Gasteiger charge is 2.31. The maximum atomic E-state index is 14.1. The number of anilines is 2. The Morgan fingerprint density at radius 3 is 2.53 bits per heavy atom. The SMILES string of the molecule is C[C@@H]1CCN(c2ncc(C(=O)Nc3ccc(OC(F)(F)F)cc3)cc2-c2cnc(Cl)c(F)c2)C1. The van der Waals surface area contributed by atoms with Crippen molar-refractivity contribution in [1.82, 2.24) is 9.97 Å². The van der Waals surface area contributed by atoms with Crippen LogP contribution in [0.5, 0.6) is 5.75 Å². The molecule has 6 nitrogen and oxygen atoms in total. The Morgan fingerprint density at radius 2 is 1.91 bits per heavy atom. The molecular weight excluding hydrogens is 476 g/mol. The van der Waals surface area contributed by atoms with Gasteiger partial charge in [-0.15, -0.1) is 13.2 Å². The van der Waals surface area contributed by atoms with E-state index < -0.39 is 23.8 Å². The number of hydrogen-bond acceptors (Lipinski definition) is 5. The molecule has 0 bridgehead atoms. The van der Waals surface area contributed by atoms with Crippen molar-refractivity contribution in [2.75, 3.05) is 23.3 Å². The lowest BCUT2D eigenvalue weighted by Gasteiger charge is -2.21. The van der Waals surface area contributed by atoms with Crippen molar-refractivity contribution in [3.8, 4) is 16.9 Å². The Labute approximate surface area is 197 Å². The molecule has 1 aliphatic rings. The van der Waals surface area contributed by atoms with Gasteiger partial charge in [0.05, 0.1) is 5.56 Å². The van der Waals surface area contributed by atoms with Gasteiger partial charge in [0.1, 0.15) is 11.6 Å². The normalized spacial score (nSPS) is 15.9. The second-order valence-corrected chi connectivity index (χ2v) is 8.32. The first-order valence-electron chi connectivity index (χ1n) is 10.3. The van der Waals surface area contributed by atoms with Crippen LogP contribution in [0.2, 0.25) is 5.15 Å². The number of benzene rings is 1. The molecule has 178 valence electrons. The van der Waals surface area contributed by atoms with Crippen molar-refractivity contribution >= 4 is 29.0 Å². The smallest absolute Gasteiger partial charge is 0.406 e. The summed E-state index contributed by atoms with van der Waals surface area (Å²) >= 11 is 5.73. The van der Waals surface area contributed by atoms with Gasteiger partial charge < -0.3 is 15.0 Å². The first-order chi connectivity index (χ1) is 16.1. The van der Waals surface area contributed by atoms with Crippen molar-refractivity contribution in [3.63, 3.8) is 0 Å². The lowest BCUT2D eigenvalue weighted by molar-refractivity contribution is -0.274. The molecule has 3 aromatic rings. The molecular formula is C23H19ClF4N4O2. The monoisotopic (exact) mass is 494 g/mol. The number of carbonyl (C=O) groups is 1. The summed E-state index contributed by atoms with van der Waals surface area (Å²) in [6.07, 6.45) is -1.02. The summed E-state index contributed by atoms with van der Waals surface area (Å²) in [7, 11) is 0. The van der Waals surface area contributed by atoms with Gasteiger partial charge >= 0.3 is 6.36 Å². The molecule has 3 heterocycles. The summed E-state index contributed by atoms with van der Waals surface area (Å²) in [6, 6.07) is 7.55. The summed E-state index contributed by atoms with van der Waals surface area (Å²) in [4.78, 5) is 23.2. The van der Waals surface area contributed by atoms with Crippen molar-refractivity contribution in [3.05, 3.63) is 65.3 Å². The summed E-state index contributed by atoms with van der Waals surface area (Å²) in [5.74, 6) is -0.589. The third kappa shape index (κ3) is 5.56. The van der Waals surface area contributed by atoms with Crippen molar-refractivity contribution in [1.29, 1.82) is 0 Å². The van der Waals surface area contributed by atoms with Gasteiger partial charge in [0, 0.05) is 42.3 Å². The topological polar surface area (TPSA) is 67.4 Å². The van der Waals surface area contributed by atoms with E-state index >= 15 is 0 Å². The summed E-state index contributed by atoms with van der Waals surface area (Å²) in [5.41, 5.74) is 1.36. The molecule has 1 saturated heterocycles. The summed E-state index contributed by atoms with van der Waals surface area (Å²) < 4.78 is 54.9. The van der Waals surface area contributed by atoms with Gasteiger partial charge in [0.25, 0.3) is 5.91 Å². The molecule has 2 aromatic heterocycles. The quantitative estimate of drug-likeness (QED) is 0.351. The van der Waals surface area contributed by atoms with Crippen LogP contribution in [0.3, 0.4) is 0 Å². The maximum Gasteiger partial charge on any atom is 0.573 e. The van der Waals surface area contributed by atoms with Crippen LogP contribution in [0.4, 0.5) is 29.1 Å². The number of ether oxygens (including phenoxy) is 1. The third-order valence-corrected chi connectivity index (χ3v) is 5.58. The zero-order valence-electron chi connectivity index (χ0n) is 17.9. The van der Waals surface area contributed by atoms with Crippen LogP contribution >= 0.6 is 11.6 Å². The minimum atomic E-state index is -4.81. The number of aromatic nitrogens is 2. The van der Waals surface area contributed by atoms with Gasteiger partial charge in [0.15, 0.2) is 11.0 Å². The Kier molecular flexibility index (Phi) is 6.60. The number of rotatable bonds is 5. The molecule has 1 amide bonds. The molecule has 1 atom stereocenters. The van der Waals surface area contributed by atoms with E-state index in [0.717, 1.165) is 31.6 Å². The third-order valence-electron chi connectivity index (χ3n) is 5.31. The van der Waals surface area contributed by atoms with Crippen LogP contribution in [0.15, 0.2) is 48.8 Å². The molecule has 0 saturated carbocycles. The minimum Gasteiger partial charge on any atom is -0.406 e. The van der Waals surface area contributed by atoms with E-state index in [4.69, 9.17) is 11.6 Å². The predicted octanol–water partition coefficient (Wildman–Crippen LogP) is 5.93. The van der Waals surface area contributed by atoms with Gasteiger partial charge in [-0.1, -0.05) is 18.5 Å². The molecule has 11 heteroatoms. The predicted molar refractivity (Wildman–Crippen MR) is 120 cm³/mol. The average Bonchev–Trinajstić information content (AvgIpc) is 3.21. The second-order valence-electron chi connectivity index (χ2n) is 7.96.